The van der Waals surface area contributed by atoms with Gasteiger partial charge in [-0.15, -0.1) is 0 Å². The van der Waals surface area contributed by atoms with Crippen molar-refractivity contribution < 1.29 is 12.8 Å². The van der Waals surface area contributed by atoms with Crippen LogP contribution in [0.4, 0.5) is 4.39 Å². The van der Waals surface area contributed by atoms with Crippen molar-refractivity contribution in [3.05, 3.63) is 63.9 Å². The summed E-state index contributed by atoms with van der Waals surface area (Å²) >= 11 is 11.6. The molecular formula is C13H10Cl2FNO2S. The van der Waals surface area contributed by atoms with Crippen molar-refractivity contribution >= 4 is 33.2 Å². The Kier molecular flexibility index (Phi) is 4.65. The first-order chi connectivity index (χ1) is 9.40. The van der Waals surface area contributed by atoms with Crippen LogP contribution in [0.25, 0.3) is 0 Å². The van der Waals surface area contributed by atoms with Crippen LogP contribution in [0.15, 0.2) is 47.4 Å². The van der Waals surface area contributed by atoms with Gasteiger partial charge in [0.1, 0.15) is 5.82 Å². The van der Waals surface area contributed by atoms with Crippen molar-refractivity contribution in [3.63, 3.8) is 0 Å². The molecule has 0 aliphatic carbocycles. The van der Waals surface area contributed by atoms with Crippen LogP contribution in [-0.2, 0) is 16.6 Å². The van der Waals surface area contributed by atoms with E-state index in [4.69, 9.17) is 23.2 Å². The van der Waals surface area contributed by atoms with Gasteiger partial charge in [0.05, 0.1) is 4.90 Å². The molecule has 0 saturated carbocycles. The molecule has 0 heterocycles. The Labute approximate surface area is 126 Å². The minimum Gasteiger partial charge on any atom is -0.207 e. The minimum atomic E-state index is -3.77. The maximum atomic E-state index is 13.6. The first kappa shape index (κ1) is 15.3. The molecule has 2 rings (SSSR count). The zero-order chi connectivity index (χ0) is 14.8. The lowest BCUT2D eigenvalue weighted by molar-refractivity contribution is 0.574. The standard InChI is InChI=1S/C13H10Cl2FNO2S/c14-9-3-1-4-10(7-9)20(18,19)17-8-11-12(15)5-2-6-13(11)16/h1-7,17H,8H2. The molecular weight excluding hydrogens is 324 g/mol. The highest BCUT2D eigenvalue weighted by atomic mass is 35.5. The largest absolute Gasteiger partial charge is 0.240 e. The van der Waals surface area contributed by atoms with E-state index < -0.39 is 15.8 Å². The van der Waals surface area contributed by atoms with Crippen molar-refractivity contribution in [1.82, 2.24) is 4.72 Å². The molecule has 2 aromatic rings. The van der Waals surface area contributed by atoms with Crippen molar-refractivity contribution in [2.24, 2.45) is 0 Å². The summed E-state index contributed by atoms with van der Waals surface area (Å²) in [4.78, 5) is 0.0115. The fourth-order valence-electron chi connectivity index (χ4n) is 1.59. The van der Waals surface area contributed by atoms with E-state index in [0.29, 0.717) is 5.02 Å². The van der Waals surface area contributed by atoms with Crippen molar-refractivity contribution in [2.45, 2.75) is 11.4 Å². The Balaban J connectivity index is 2.22. The Bertz CT molecular complexity index is 715. The van der Waals surface area contributed by atoms with Crippen molar-refractivity contribution in [3.8, 4) is 0 Å². The Morgan fingerprint density at radius 1 is 1.10 bits per heavy atom. The second-order valence-electron chi connectivity index (χ2n) is 3.98. The monoisotopic (exact) mass is 333 g/mol. The second kappa shape index (κ2) is 6.10. The van der Waals surface area contributed by atoms with E-state index in [1.54, 1.807) is 6.07 Å². The third-order valence-corrected chi connectivity index (χ3v) is 4.60. The van der Waals surface area contributed by atoms with Gasteiger partial charge in [-0.1, -0.05) is 35.3 Å². The fourth-order valence-corrected chi connectivity index (χ4v) is 3.11. The second-order valence-corrected chi connectivity index (χ2v) is 6.59. The van der Waals surface area contributed by atoms with Crippen LogP contribution in [-0.4, -0.2) is 8.42 Å². The van der Waals surface area contributed by atoms with E-state index in [2.05, 4.69) is 4.72 Å². The molecule has 0 fully saturated rings. The number of hydrogen-bond acceptors (Lipinski definition) is 2. The molecule has 0 atom stereocenters. The van der Waals surface area contributed by atoms with E-state index in [1.807, 2.05) is 0 Å². The third-order valence-electron chi connectivity index (χ3n) is 2.61. The molecule has 0 aliphatic heterocycles. The van der Waals surface area contributed by atoms with Crippen LogP contribution in [0.5, 0.6) is 0 Å². The summed E-state index contributed by atoms with van der Waals surface area (Å²) in [7, 11) is -3.77. The van der Waals surface area contributed by atoms with E-state index in [0.717, 1.165) is 0 Å². The van der Waals surface area contributed by atoms with Gasteiger partial charge in [0, 0.05) is 22.2 Å². The zero-order valence-corrected chi connectivity index (χ0v) is 12.4. The zero-order valence-electron chi connectivity index (χ0n) is 10.1. The smallest absolute Gasteiger partial charge is 0.207 e. The number of benzene rings is 2. The molecule has 0 saturated heterocycles. The normalized spacial score (nSPS) is 11.6. The quantitative estimate of drug-likeness (QED) is 0.928. The van der Waals surface area contributed by atoms with Crippen LogP contribution in [0.1, 0.15) is 5.56 Å². The summed E-state index contributed by atoms with van der Waals surface area (Å²) in [5.41, 5.74) is 0.0970. The van der Waals surface area contributed by atoms with Gasteiger partial charge in [-0.05, 0) is 30.3 Å². The van der Waals surface area contributed by atoms with Crippen LogP contribution < -0.4 is 4.72 Å². The van der Waals surface area contributed by atoms with Crippen LogP contribution in [0.2, 0.25) is 10.0 Å². The molecule has 0 unspecified atom stereocenters. The summed E-state index contributed by atoms with van der Waals surface area (Å²) < 4.78 is 39.9. The van der Waals surface area contributed by atoms with E-state index in [1.165, 1.54) is 36.4 Å². The van der Waals surface area contributed by atoms with Gasteiger partial charge in [-0.3, -0.25) is 0 Å². The predicted molar refractivity (Wildman–Crippen MR) is 76.9 cm³/mol. The number of hydrogen-bond donors (Lipinski definition) is 1. The van der Waals surface area contributed by atoms with Crippen molar-refractivity contribution in [1.29, 1.82) is 0 Å². The Hall–Kier alpha value is -1.14. The molecule has 0 bridgehead atoms. The van der Waals surface area contributed by atoms with E-state index >= 15 is 0 Å². The van der Waals surface area contributed by atoms with Gasteiger partial charge in [-0.25, -0.2) is 17.5 Å². The summed E-state index contributed by atoms with van der Waals surface area (Å²) in [6, 6.07) is 9.96. The lowest BCUT2D eigenvalue weighted by Crippen LogP contribution is -2.23. The lowest BCUT2D eigenvalue weighted by Gasteiger charge is -2.09. The molecule has 3 nitrogen and oxygen atoms in total. The van der Waals surface area contributed by atoms with Gasteiger partial charge in [0.15, 0.2) is 0 Å². The molecule has 106 valence electrons. The maximum Gasteiger partial charge on any atom is 0.240 e. The van der Waals surface area contributed by atoms with Crippen LogP contribution in [0, 0.1) is 5.82 Å². The van der Waals surface area contributed by atoms with Gasteiger partial charge in [0.2, 0.25) is 10.0 Å². The lowest BCUT2D eigenvalue weighted by atomic mass is 10.2. The minimum absolute atomic E-state index is 0.0115. The topological polar surface area (TPSA) is 46.2 Å². The third kappa shape index (κ3) is 3.49. The Morgan fingerprint density at radius 2 is 1.80 bits per heavy atom. The Morgan fingerprint density at radius 3 is 2.45 bits per heavy atom. The number of sulfonamides is 1. The molecule has 20 heavy (non-hydrogen) atoms. The van der Waals surface area contributed by atoms with Crippen molar-refractivity contribution in [2.75, 3.05) is 0 Å². The van der Waals surface area contributed by atoms with Gasteiger partial charge in [-0.2, -0.15) is 0 Å². The van der Waals surface area contributed by atoms with Gasteiger partial charge < -0.3 is 0 Å². The predicted octanol–water partition coefficient (Wildman–Crippen LogP) is 3.61. The average Bonchev–Trinajstić information content (AvgIpc) is 2.38. The van der Waals surface area contributed by atoms with E-state index in [9.17, 15) is 12.8 Å². The summed E-state index contributed by atoms with van der Waals surface area (Å²) in [6.07, 6.45) is 0. The number of rotatable bonds is 4. The highest BCUT2D eigenvalue weighted by Crippen LogP contribution is 2.20. The average molecular weight is 334 g/mol. The summed E-state index contributed by atoms with van der Waals surface area (Å²) in [5.74, 6) is -0.564. The molecule has 1 N–H and O–H groups in total. The van der Waals surface area contributed by atoms with E-state index in [-0.39, 0.29) is 22.0 Å². The van der Waals surface area contributed by atoms with Crippen LogP contribution in [0.3, 0.4) is 0 Å². The van der Waals surface area contributed by atoms with Gasteiger partial charge in [0.25, 0.3) is 0 Å². The first-order valence-electron chi connectivity index (χ1n) is 5.58. The molecule has 0 aliphatic rings. The summed E-state index contributed by atoms with van der Waals surface area (Å²) in [5, 5.41) is 0.468. The fraction of sp³-hybridized carbons (Fsp3) is 0.0769. The van der Waals surface area contributed by atoms with Gasteiger partial charge >= 0.3 is 0 Å². The number of halogens is 3. The molecule has 0 radical (unpaired) electrons. The molecule has 0 spiro atoms. The molecule has 2 aromatic carbocycles. The summed E-state index contributed by atoms with van der Waals surface area (Å²) in [6.45, 7) is -0.236. The van der Waals surface area contributed by atoms with Crippen LogP contribution >= 0.6 is 23.2 Å². The highest BCUT2D eigenvalue weighted by molar-refractivity contribution is 7.89. The maximum absolute atomic E-state index is 13.6. The molecule has 7 heteroatoms. The highest BCUT2D eigenvalue weighted by Gasteiger charge is 2.16. The number of nitrogens with one attached hydrogen (secondary N) is 1. The molecule has 0 amide bonds. The first-order valence-corrected chi connectivity index (χ1v) is 7.82. The SMILES string of the molecule is O=S(=O)(NCc1c(F)cccc1Cl)c1cccc(Cl)c1. The molecule has 0 aromatic heterocycles.